The number of carbonyl (C=O) groups excluding carboxylic acids is 1. The van der Waals surface area contributed by atoms with Crippen LogP contribution in [-0.2, 0) is 4.79 Å². The number of unbranched alkanes of at least 4 members (excludes halogenated alkanes) is 1. The predicted molar refractivity (Wildman–Crippen MR) is 98.9 cm³/mol. The van der Waals surface area contributed by atoms with Crippen LogP contribution in [0, 0.1) is 5.92 Å². The van der Waals surface area contributed by atoms with Gasteiger partial charge in [0.25, 0.3) is 5.91 Å². The molecule has 0 aliphatic heterocycles. The van der Waals surface area contributed by atoms with Crippen LogP contribution in [-0.4, -0.2) is 36.2 Å². The Balaban J connectivity index is 1.97. The van der Waals surface area contributed by atoms with Crippen LogP contribution in [0.1, 0.15) is 62.7 Å². The Morgan fingerprint density at radius 3 is 2.46 bits per heavy atom. The molecule has 2 rings (SSSR count). The Kier molecular flexibility index (Phi) is 7.75. The third-order valence-corrected chi connectivity index (χ3v) is 4.67. The van der Waals surface area contributed by atoms with Gasteiger partial charge >= 0.3 is 5.97 Å². The number of carboxylic acid groups (broad SMARTS) is 1. The van der Waals surface area contributed by atoms with Gasteiger partial charge in [0.2, 0.25) is 0 Å². The molecule has 0 atom stereocenters. The maximum absolute atomic E-state index is 12.5. The molecule has 6 nitrogen and oxygen atoms in total. The first-order chi connectivity index (χ1) is 12.5. The molecule has 0 saturated heterocycles. The van der Waals surface area contributed by atoms with Gasteiger partial charge in [0.1, 0.15) is 0 Å². The fourth-order valence-corrected chi connectivity index (χ4v) is 3.12. The molecule has 0 bridgehead atoms. The summed E-state index contributed by atoms with van der Waals surface area (Å²) in [6.45, 7) is 5.11. The van der Waals surface area contributed by atoms with E-state index < -0.39 is 5.97 Å². The van der Waals surface area contributed by atoms with Crippen LogP contribution in [0.4, 0.5) is 0 Å². The van der Waals surface area contributed by atoms with Gasteiger partial charge in [-0.3, -0.25) is 9.59 Å². The monoisotopic (exact) mass is 363 g/mol. The average Bonchev–Trinajstić information content (AvgIpc) is 2.63. The Labute approximate surface area is 154 Å². The molecule has 0 heterocycles. The Hall–Kier alpha value is -2.24. The largest absolute Gasteiger partial charge is 0.490 e. The molecule has 1 aromatic carbocycles. The molecule has 0 spiro atoms. The van der Waals surface area contributed by atoms with Crippen molar-refractivity contribution in [3.8, 4) is 11.5 Å². The fraction of sp³-hybridized carbons (Fsp3) is 0.600. The molecule has 26 heavy (non-hydrogen) atoms. The molecule has 6 heteroatoms. The average molecular weight is 363 g/mol. The minimum atomic E-state index is -0.741. The number of nitrogens with one attached hydrogen (secondary N) is 1. The van der Waals surface area contributed by atoms with Crippen LogP contribution in [0.3, 0.4) is 0 Å². The Morgan fingerprint density at radius 2 is 1.85 bits per heavy atom. The summed E-state index contributed by atoms with van der Waals surface area (Å²) in [5.74, 6) is 0.0385. The lowest BCUT2D eigenvalue weighted by Crippen LogP contribution is -2.38. The first kappa shape index (κ1) is 20.1. The summed E-state index contributed by atoms with van der Waals surface area (Å²) in [7, 11) is 0. The smallest absolute Gasteiger partial charge is 0.306 e. The highest BCUT2D eigenvalue weighted by atomic mass is 16.5. The van der Waals surface area contributed by atoms with Crippen LogP contribution in [0.25, 0.3) is 0 Å². The molecular weight excluding hydrogens is 334 g/mol. The molecule has 1 saturated carbocycles. The highest BCUT2D eigenvalue weighted by Gasteiger charge is 2.27. The van der Waals surface area contributed by atoms with Crippen molar-refractivity contribution in [1.29, 1.82) is 0 Å². The van der Waals surface area contributed by atoms with Crippen LogP contribution in [0.15, 0.2) is 18.2 Å². The Morgan fingerprint density at radius 1 is 1.12 bits per heavy atom. The van der Waals surface area contributed by atoms with Crippen molar-refractivity contribution in [2.75, 3.05) is 13.2 Å². The van der Waals surface area contributed by atoms with E-state index in [9.17, 15) is 9.59 Å². The van der Waals surface area contributed by atoms with E-state index in [0.29, 0.717) is 56.0 Å². The molecular formula is C20H29NO5. The first-order valence-corrected chi connectivity index (χ1v) is 9.48. The number of rotatable bonds is 9. The molecule has 2 N–H and O–H groups in total. The van der Waals surface area contributed by atoms with Crippen molar-refractivity contribution in [1.82, 2.24) is 5.32 Å². The van der Waals surface area contributed by atoms with Crippen molar-refractivity contribution < 1.29 is 24.2 Å². The number of carboxylic acids is 1. The van der Waals surface area contributed by atoms with Gasteiger partial charge in [0.15, 0.2) is 11.5 Å². The second kappa shape index (κ2) is 10.0. The van der Waals surface area contributed by atoms with E-state index in [-0.39, 0.29) is 17.9 Å². The van der Waals surface area contributed by atoms with Crippen molar-refractivity contribution in [2.45, 2.75) is 58.4 Å². The number of ether oxygens (including phenoxy) is 2. The minimum Gasteiger partial charge on any atom is -0.490 e. The molecule has 1 aliphatic rings. The molecule has 0 radical (unpaired) electrons. The number of aliphatic carboxylic acids is 1. The Bertz CT molecular complexity index is 608. The molecule has 1 aliphatic carbocycles. The first-order valence-electron chi connectivity index (χ1n) is 9.48. The number of amides is 1. The lowest BCUT2D eigenvalue weighted by molar-refractivity contribution is -0.142. The summed E-state index contributed by atoms with van der Waals surface area (Å²) in [6, 6.07) is 5.25. The predicted octanol–water partition coefficient (Wildman–Crippen LogP) is 3.64. The summed E-state index contributed by atoms with van der Waals surface area (Å²) in [4.78, 5) is 23.5. The molecule has 1 fully saturated rings. The topological polar surface area (TPSA) is 84.9 Å². The highest BCUT2D eigenvalue weighted by molar-refractivity contribution is 5.95. The third-order valence-electron chi connectivity index (χ3n) is 4.67. The summed E-state index contributed by atoms with van der Waals surface area (Å²) in [5.41, 5.74) is 0.525. The summed E-state index contributed by atoms with van der Waals surface area (Å²) >= 11 is 0. The SMILES string of the molecule is CCCCOc1ccc(C(=O)NC2CCC(C(=O)O)CC2)cc1OCC. The standard InChI is InChI=1S/C20H29NO5/c1-3-5-12-26-17-11-8-15(13-18(17)25-4-2)19(22)21-16-9-6-14(7-10-16)20(23)24/h8,11,13-14,16H,3-7,9-10,12H2,1-2H3,(H,21,22)(H,23,24). The van der Waals surface area contributed by atoms with Gasteiger partial charge in [0, 0.05) is 11.6 Å². The third kappa shape index (κ3) is 5.64. The van der Waals surface area contributed by atoms with Crippen LogP contribution >= 0.6 is 0 Å². The maximum Gasteiger partial charge on any atom is 0.306 e. The van der Waals surface area contributed by atoms with Crippen LogP contribution < -0.4 is 14.8 Å². The fourth-order valence-electron chi connectivity index (χ4n) is 3.12. The molecule has 144 valence electrons. The van der Waals surface area contributed by atoms with E-state index in [1.54, 1.807) is 18.2 Å². The normalized spacial score (nSPS) is 19.6. The summed E-state index contributed by atoms with van der Waals surface area (Å²) < 4.78 is 11.4. The molecule has 1 aromatic rings. The number of benzene rings is 1. The van der Waals surface area contributed by atoms with E-state index in [2.05, 4.69) is 12.2 Å². The zero-order valence-corrected chi connectivity index (χ0v) is 15.6. The number of carbonyl (C=O) groups is 2. The minimum absolute atomic E-state index is 0.0223. The van der Waals surface area contributed by atoms with E-state index in [4.69, 9.17) is 14.6 Å². The lowest BCUT2D eigenvalue weighted by atomic mass is 9.86. The van der Waals surface area contributed by atoms with E-state index in [1.165, 1.54) is 0 Å². The highest BCUT2D eigenvalue weighted by Crippen LogP contribution is 2.29. The molecule has 1 amide bonds. The number of hydrogen-bond acceptors (Lipinski definition) is 4. The van der Waals surface area contributed by atoms with Gasteiger partial charge in [-0.1, -0.05) is 13.3 Å². The lowest BCUT2D eigenvalue weighted by Gasteiger charge is -2.26. The van der Waals surface area contributed by atoms with Gasteiger partial charge in [-0.2, -0.15) is 0 Å². The zero-order chi connectivity index (χ0) is 18.9. The second-order valence-corrected chi connectivity index (χ2v) is 6.66. The zero-order valence-electron chi connectivity index (χ0n) is 15.6. The quantitative estimate of drug-likeness (QED) is 0.654. The molecule has 0 unspecified atom stereocenters. The van der Waals surface area contributed by atoms with Crippen molar-refractivity contribution in [2.24, 2.45) is 5.92 Å². The van der Waals surface area contributed by atoms with Crippen LogP contribution in [0.5, 0.6) is 11.5 Å². The van der Waals surface area contributed by atoms with Gasteiger partial charge in [0.05, 0.1) is 19.1 Å². The van der Waals surface area contributed by atoms with Gasteiger partial charge in [-0.05, 0) is 57.2 Å². The van der Waals surface area contributed by atoms with Gasteiger partial charge in [-0.15, -0.1) is 0 Å². The van der Waals surface area contributed by atoms with Gasteiger partial charge in [-0.25, -0.2) is 0 Å². The van der Waals surface area contributed by atoms with E-state index in [0.717, 1.165) is 12.8 Å². The van der Waals surface area contributed by atoms with Crippen molar-refractivity contribution in [3.63, 3.8) is 0 Å². The number of hydrogen-bond donors (Lipinski definition) is 2. The second-order valence-electron chi connectivity index (χ2n) is 6.66. The van der Waals surface area contributed by atoms with E-state index >= 15 is 0 Å². The van der Waals surface area contributed by atoms with Crippen molar-refractivity contribution >= 4 is 11.9 Å². The van der Waals surface area contributed by atoms with E-state index in [1.807, 2.05) is 6.92 Å². The van der Waals surface area contributed by atoms with Gasteiger partial charge < -0.3 is 19.9 Å². The molecule has 0 aromatic heterocycles. The summed E-state index contributed by atoms with van der Waals surface area (Å²) in [6.07, 6.45) is 4.61. The van der Waals surface area contributed by atoms with Crippen LogP contribution in [0.2, 0.25) is 0 Å². The maximum atomic E-state index is 12.5. The van der Waals surface area contributed by atoms with Crippen molar-refractivity contribution in [3.05, 3.63) is 23.8 Å². The summed E-state index contributed by atoms with van der Waals surface area (Å²) in [5, 5.41) is 12.1.